The zero-order valence-electron chi connectivity index (χ0n) is 13.8. The van der Waals surface area contributed by atoms with Gasteiger partial charge in [-0.3, -0.25) is 9.59 Å². The fourth-order valence-corrected chi connectivity index (χ4v) is 2.94. The molecule has 0 aliphatic carbocycles. The first kappa shape index (κ1) is 17.4. The second kappa shape index (κ2) is 8.09. The van der Waals surface area contributed by atoms with Crippen molar-refractivity contribution in [1.29, 1.82) is 0 Å². The third-order valence-corrected chi connectivity index (χ3v) is 4.28. The number of hydrogen-bond acceptors (Lipinski definition) is 2. The maximum atomic E-state index is 12.9. The van der Waals surface area contributed by atoms with E-state index in [9.17, 15) is 14.0 Å². The molecule has 1 aromatic carbocycles. The molecular formula is C18H25FN2O2. The SMILES string of the molecule is CCC[C@@H](C)NC(=O)[C@H]1CC(=O)N(CCc2ccc(F)cc2)C1. The maximum absolute atomic E-state index is 12.9. The van der Waals surface area contributed by atoms with Crippen LogP contribution in [0.4, 0.5) is 4.39 Å². The van der Waals surface area contributed by atoms with Gasteiger partial charge in [-0.05, 0) is 37.5 Å². The minimum absolute atomic E-state index is 0.0235. The number of amides is 2. The van der Waals surface area contributed by atoms with E-state index in [0.29, 0.717) is 19.5 Å². The summed E-state index contributed by atoms with van der Waals surface area (Å²) in [6.45, 7) is 5.12. The second-order valence-corrected chi connectivity index (χ2v) is 6.32. The summed E-state index contributed by atoms with van der Waals surface area (Å²) in [6.07, 6.45) is 2.93. The molecule has 1 saturated heterocycles. The number of nitrogens with zero attached hydrogens (tertiary/aromatic N) is 1. The molecule has 2 atom stereocenters. The molecule has 0 unspecified atom stereocenters. The van der Waals surface area contributed by atoms with Gasteiger partial charge in [0.1, 0.15) is 5.82 Å². The molecule has 23 heavy (non-hydrogen) atoms. The van der Waals surface area contributed by atoms with Gasteiger partial charge in [0, 0.05) is 25.6 Å². The minimum Gasteiger partial charge on any atom is -0.353 e. The predicted molar refractivity (Wildman–Crippen MR) is 87.3 cm³/mol. The number of halogens is 1. The van der Waals surface area contributed by atoms with Crippen molar-refractivity contribution in [3.8, 4) is 0 Å². The van der Waals surface area contributed by atoms with Gasteiger partial charge in [-0.25, -0.2) is 4.39 Å². The van der Waals surface area contributed by atoms with Gasteiger partial charge in [-0.15, -0.1) is 0 Å². The van der Waals surface area contributed by atoms with Crippen LogP contribution in [0.3, 0.4) is 0 Å². The number of benzene rings is 1. The molecular weight excluding hydrogens is 295 g/mol. The quantitative estimate of drug-likeness (QED) is 0.839. The molecule has 0 saturated carbocycles. The van der Waals surface area contributed by atoms with Crippen LogP contribution in [0.1, 0.15) is 38.7 Å². The zero-order chi connectivity index (χ0) is 16.8. The molecule has 0 bridgehead atoms. The summed E-state index contributed by atoms with van der Waals surface area (Å²) in [5.41, 5.74) is 0.990. The summed E-state index contributed by atoms with van der Waals surface area (Å²) in [6, 6.07) is 6.45. The van der Waals surface area contributed by atoms with Crippen molar-refractivity contribution < 1.29 is 14.0 Å². The molecule has 4 nitrogen and oxygen atoms in total. The molecule has 1 heterocycles. The Morgan fingerprint density at radius 1 is 1.39 bits per heavy atom. The van der Waals surface area contributed by atoms with Crippen molar-refractivity contribution in [2.75, 3.05) is 13.1 Å². The van der Waals surface area contributed by atoms with Gasteiger partial charge in [0.15, 0.2) is 0 Å². The van der Waals surface area contributed by atoms with Gasteiger partial charge in [-0.2, -0.15) is 0 Å². The van der Waals surface area contributed by atoms with E-state index in [2.05, 4.69) is 12.2 Å². The summed E-state index contributed by atoms with van der Waals surface area (Å²) in [5, 5.41) is 2.98. The first-order chi connectivity index (χ1) is 11.0. The fourth-order valence-electron chi connectivity index (χ4n) is 2.94. The van der Waals surface area contributed by atoms with Crippen LogP contribution in [0.25, 0.3) is 0 Å². The van der Waals surface area contributed by atoms with E-state index in [4.69, 9.17) is 0 Å². The van der Waals surface area contributed by atoms with E-state index in [-0.39, 0.29) is 36.0 Å². The number of likely N-dealkylation sites (tertiary alicyclic amines) is 1. The van der Waals surface area contributed by atoms with Gasteiger partial charge in [0.2, 0.25) is 11.8 Å². The molecule has 2 amide bonds. The minimum atomic E-state index is -0.260. The lowest BCUT2D eigenvalue weighted by molar-refractivity contribution is -0.129. The molecule has 0 spiro atoms. The number of carbonyl (C=O) groups is 2. The Bertz CT molecular complexity index is 544. The number of nitrogens with one attached hydrogen (secondary N) is 1. The van der Waals surface area contributed by atoms with Crippen LogP contribution in [-0.4, -0.2) is 35.8 Å². The number of hydrogen-bond donors (Lipinski definition) is 1. The van der Waals surface area contributed by atoms with Crippen molar-refractivity contribution >= 4 is 11.8 Å². The smallest absolute Gasteiger partial charge is 0.225 e. The van der Waals surface area contributed by atoms with E-state index in [0.717, 1.165) is 18.4 Å². The van der Waals surface area contributed by atoms with Crippen LogP contribution in [0.5, 0.6) is 0 Å². The summed E-state index contributed by atoms with van der Waals surface area (Å²) in [4.78, 5) is 26.0. The molecule has 2 rings (SSSR count). The molecule has 5 heteroatoms. The molecule has 1 aliphatic heterocycles. The van der Waals surface area contributed by atoms with Crippen molar-refractivity contribution in [3.05, 3.63) is 35.6 Å². The fraction of sp³-hybridized carbons (Fsp3) is 0.556. The van der Waals surface area contributed by atoms with Gasteiger partial charge in [-0.1, -0.05) is 25.5 Å². The number of carbonyl (C=O) groups excluding carboxylic acids is 2. The van der Waals surface area contributed by atoms with Crippen LogP contribution in [0, 0.1) is 11.7 Å². The summed E-state index contributed by atoms with van der Waals surface area (Å²) >= 11 is 0. The molecule has 1 fully saturated rings. The van der Waals surface area contributed by atoms with E-state index < -0.39 is 0 Å². The van der Waals surface area contributed by atoms with Crippen molar-refractivity contribution in [3.63, 3.8) is 0 Å². The Morgan fingerprint density at radius 2 is 2.09 bits per heavy atom. The van der Waals surface area contributed by atoms with E-state index in [1.165, 1.54) is 12.1 Å². The zero-order valence-corrected chi connectivity index (χ0v) is 13.8. The highest BCUT2D eigenvalue weighted by Crippen LogP contribution is 2.19. The summed E-state index contributed by atoms with van der Waals surface area (Å²) in [5.74, 6) is -0.516. The molecule has 0 radical (unpaired) electrons. The first-order valence-electron chi connectivity index (χ1n) is 8.32. The summed E-state index contributed by atoms with van der Waals surface area (Å²) < 4.78 is 12.9. The first-order valence-corrected chi connectivity index (χ1v) is 8.32. The Hall–Kier alpha value is -1.91. The Kier molecular flexibility index (Phi) is 6.13. The molecule has 0 aromatic heterocycles. The van der Waals surface area contributed by atoms with Gasteiger partial charge < -0.3 is 10.2 Å². The lowest BCUT2D eigenvalue weighted by Crippen LogP contribution is -2.38. The normalized spacial score (nSPS) is 19.0. The molecule has 1 N–H and O–H groups in total. The molecule has 126 valence electrons. The third kappa shape index (κ3) is 5.05. The second-order valence-electron chi connectivity index (χ2n) is 6.32. The van der Waals surface area contributed by atoms with Crippen LogP contribution < -0.4 is 5.32 Å². The molecule has 1 aromatic rings. The number of rotatable bonds is 7. The van der Waals surface area contributed by atoms with Gasteiger partial charge in [0.05, 0.1) is 5.92 Å². The molecule has 1 aliphatic rings. The van der Waals surface area contributed by atoms with E-state index >= 15 is 0 Å². The highest BCUT2D eigenvalue weighted by molar-refractivity contribution is 5.89. The Balaban J connectivity index is 1.82. The van der Waals surface area contributed by atoms with Crippen molar-refractivity contribution in [2.45, 2.75) is 45.6 Å². The van der Waals surface area contributed by atoms with Crippen LogP contribution in [0.2, 0.25) is 0 Å². The Morgan fingerprint density at radius 3 is 2.74 bits per heavy atom. The average molecular weight is 320 g/mol. The standard InChI is InChI=1S/C18H25FN2O2/c1-3-4-13(2)20-18(23)15-11-17(22)21(12-15)10-9-14-5-7-16(19)8-6-14/h5-8,13,15H,3-4,9-12H2,1-2H3,(H,20,23)/t13-,15+/m1/s1. The van der Waals surface area contributed by atoms with Crippen LogP contribution in [-0.2, 0) is 16.0 Å². The summed E-state index contributed by atoms with van der Waals surface area (Å²) in [7, 11) is 0. The maximum Gasteiger partial charge on any atom is 0.225 e. The topological polar surface area (TPSA) is 49.4 Å². The van der Waals surface area contributed by atoms with Gasteiger partial charge >= 0.3 is 0 Å². The third-order valence-electron chi connectivity index (χ3n) is 4.28. The van der Waals surface area contributed by atoms with E-state index in [1.807, 2.05) is 6.92 Å². The monoisotopic (exact) mass is 320 g/mol. The largest absolute Gasteiger partial charge is 0.353 e. The lowest BCUT2D eigenvalue weighted by atomic mass is 10.1. The highest BCUT2D eigenvalue weighted by Gasteiger charge is 2.34. The predicted octanol–water partition coefficient (Wildman–Crippen LogP) is 2.52. The van der Waals surface area contributed by atoms with Crippen molar-refractivity contribution in [1.82, 2.24) is 10.2 Å². The lowest BCUT2D eigenvalue weighted by Gasteiger charge is -2.18. The van der Waals surface area contributed by atoms with E-state index in [1.54, 1.807) is 17.0 Å². The van der Waals surface area contributed by atoms with Crippen LogP contribution >= 0.6 is 0 Å². The van der Waals surface area contributed by atoms with Gasteiger partial charge in [0.25, 0.3) is 0 Å². The van der Waals surface area contributed by atoms with Crippen LogP contribution in [0.15, 0.2) is 24.3 Å². The van der Waals surface area contributed by atoms with Crippen molar-refractivity contribution in [2.24, 2.45) is 5.92 Å². The Labute approximate surface area is 137 Å². The average Bonchev–Trinajstić information content (AvgIpc) is 2.88. The highest BCUT2D eigenvalue weighted by atomic mass is 19.1.